The van der Waals surface area contributed by atoms with Gasteiger partial charge in [0.25, 0.3) is 10.0 Å². The summed E-state index contributed by atoms with van der Waals surface area (Å²) in [5.74, 6) is -1.92. The standard InChI is InChI=1S/C11H14FNO5S2/c1-18-7-11(10(14)15)3-4-13(6-11)20(16,17)9-8(12)2-5-19-9/h2,5H,3-4,6-7H2,1H3,(H,14,15). The van der Waals surface area contributed by atoms with Gasteiger partial charge in [-0.25, -0.2) is 12.8 Å². The van der Waals surface area contributed by atoms with Crippen molar-refractivity contribution in [2.75, 3.05) is 26.8 Å². The molecule has 2 rings (SSSR count). The van der Waals surface area contributed by atoms with Crippen molar-refractivity contribution in [2.45, 2.75) is 10.6 Å². The molecule has 1 unspecified atom stereocenters. The highest BCUT2D eigenvalue weighted by atomic mass is 32.2. The first-order valence-corrected chi connectivity index (χ1v) is 8.11. The van der Waals surface area contributed by atoms with Gasteiger partial charge in [-0.1, -0.05) is 0 Å². The predicted octanol–water partition coefficient (Wildman–Crippen LogP) is 0.999. The van der Waals surface area contributed by atoms with Crippen LogP contribution in [0.3, 0.4) is 0 Å². The molecule has 0 aromatic carbocycles. The van der Waals surface area contributed by atoms with Gasteiger partial charge in [-0.15, -0.1) is 11.3 Å². The highest BCUT2D eigenvalue weighted by Gasteiger charge is 2.49. The number of methoxy groups -OCH3 is 1. The van der Waals surface area contributed by atoms with Crippen LogP contribution < -0.4 is 0 Å². The molecule has 1 N–H and O–H groups in total. The normalized spacial score (nSPS) is 24.1. The molecule has 2 heterocycles. The molecule has 1 aromatic rings. The highest BCUT2D eigenvalue weighted by molar-refractivity contribution is 7.91. The van der Waals surface area contributed by atoms with E-state index in [1.165, 1.54) is 12.5 Å². The van der Waals surface area contributed by atoms with E-state index in [2.05, 4.69) is 0 Å². The van der Waals surface area contributed by atoms with E-state index in [9.17, 15) is 22.7 Å². The van der Waals surface area contributed by atoms with Crippen molar-refractivity contribution in [1.82, 2.24) is 4.31 Å². The Hall–Kier alpha value is -1.03. The molecule has 1 fully saturated rings. The monoisotopic (exact) mass is 323 g/mol. The van der Waals surface area contributed by atoms with Crippen LogP contribution >= 0.6 is 11.3 Å². The van der Waals surface area contributed by atoms with Crippen molar-refractivity contribution < 1.29 is 27.4 Å². The second-order valence-electron chi connectivity index (χ2n) is 4.66. The Morgan fingerprint density at radius 2 is 2.35 bits per heavy atom. The van der Waals surface area contributed by atoms with Gasteiger partial charge >= 0.3 is 5.97 Å². The van der Waals surface area contributed by atoms with Crippen LogP contribution in [0.25, 0.3) is 0 Å². The molecule has 1 atom stereocenters. The van der Waals surface area contributed by atoms with Crippen molar-refractivity contribution in [2.24, 2.45) is 5.41 Å². The molecule has 112 valence electrons. The molecule has 20 heavy (non-hydrogen) atoms. The van der Waals surface area contributed by atoms with Crippen molar-refractivity contribution in [3.63, 3.8) is 0 Å². The maximum Gasteiger partial charge on any atom is 0.313 e. The number of thiophene rings is 1. The molecule has 9 heteroatoms. The van der Waals surface area contributed by atoms with Crippen LogP contribution in [0.2, 0.25) is 0 Å². The number of halogens is 1. The fourth-order valence-electron chi connectivity index (χ4n) is 2.25. The number of hydrogen-bond donors (Lipinski definition) is 1. The lowest BCUT2D eigenvalue weighted by Gasteiger charge is -2.23. The molecule has 0 bridgehead atoms. The summed E-state index contributed by atoms with van der Waals surface area (Å²) in [4.78, 5) is 11.4. The van der Waals surface area contributed by atoms with Crippen molar-refractivity contribution >= 4 is 27.3 Å². The summed E-state index contributed by atoms with van der Waals surface area (Å²) in [6, 6.07) is 1.08. The van der Waals surface area contributed by atoms with E-state index >= 15 is 0 Å². The molecular formula is C11H14FNO5S2. The van der Waals surface area contributed by atoms with Crippen molar-refractivity contribution in [3.8, 4) is 0 Å². The Morgan fingerprint density at radius 1 is 1.65 bits per heavy atom. The van der Waals surface area contributed by atoms with Crippen LogP contribution in [-0.4, -0.2) is 50.6 Å². The minimum atomic E-state index is -3.99. The summed E-state index contributed by atoms with van der Waals surface area (Å²) in [5.41, 5.74) is -1.27. The number of carbonyl (C=O) groups is 1. The molecule has 1 aromatic heterocycles. The maximum atomic E-state index is 13.5. The summed E-state index contributed by atoms with van der Waals surface area (Å²) in [6.45, 7) is -0.257. The highest BCUT2D eigenvalue weighted by Crippen LogP contribution is 2.36. The zero-order valence-electron chi connectivity index (χ0n) is 10.7. The Balaban J connectivity index is 2.29. The second-order valence-corrected chi connectivity index (χ2v) is 7.71. The van der Waals surface area contributed by atoms with Gasteiger partial charge in [0.2, 0.25) is 0 Å². The fourth-order valence-corrected chi connectivity index (χ4v) is 5.01. The van der Waals surface area contributed by atoms with Gasteiger partial charge in [-0.3, -0.25) is 4.79 Å². The third-order valence-corrected chi connectivity index (χ3v) is 6.61. The SMILES string of the molecule is COCC1(C(=O)O)CCN(S(=O)(=O)c2sccc2F)C1. The van der Waals surface area contributed by atoms with E-state index in [1.807, 2.05) is 0 Å². The lowest BCUT2D eigenvalue weighted by molar-refractivity contribution is -0.151. The van der Waals surface area contributed by atoms with Crippen LogP contribution in [0.4, 0.5) is 4.39 Å². The maximum absolute atomic E-state index is 13.5. The molecule has 1 aliphatic heterocycles. The zero-order chi connectivity index (χ0) is 15.0. The summed E-state index contributed by atoms with van der Waals surface area (Å²) in [7, 11) is -2.63. The van der Waals surface area contributed by atoms with Gasteiger partial charge < -0.3 is 9.84 Å². The Bertz CT molecular complexity index is 614. The van der Waals surface area contributed by atoms with E-state index in [1.54, 1.807) is 0 Å². The first kappa shape index (κ1) is 15.4. The van der Waals surface area contributed by atoms with Gasteiger partial charge in [0.1, 0.15) is 5.41 Å². The Morgan fingerprint density at radius 3 is 2.85 bits per heavy atom. The lowest BCUT2D eigenvalue weighted by atomic mass is 9.88. The molecule has 0 aliphatic carbocycles. The van der Waals surface area contributed by atoms with Crippen molar-refractivity contribution in [1.29, 1.82) is 0 Å². The van der Waals surface area contributed by atoms with Gasteiger partial charge in [0, 0.05) is 20.2 Å². The van der Waals surface area contributed by atoms with E-state index in [0.29, 0.717) is 0 Å². The summed E-state index contributed by atoms with van der Waals surface area (Å²) >= 11 is 0.782. The Kier molecular flexibility index (Phi) is 4.14. The topological polar surface area (TPSA) is 83.9 Å². The molecule has 0 spiro atoms. The Labute approximate surface area is 119 Å². The number of nitrogens with zero attached hydrogens (tertiary/aromatic N) is 1. The minimum absolute atomic E-state index is 0.0370. The van der Waals surface area contributed by atoms with Crippen LogP contribution in [0.5, 0.6) is 0 Å². The molecule has 1 aliphatic rings. The quantitative estimate of drug-likeness (QED) is 0.874. The first-order chi connectivity index (χ1) is 9.33. The number of aliphatic carboxylic acids is 1. The van der Waals surface area contributed by atoms with E-state index in [-0.39, 0.29) is 30.3 Å². The first-order valence-electron chi connectivity index (χ1n) is 5.79. The fraction of sp³-hybridized carbons (Fsp3) is 0.545. The minimum Gasteiger partial charge on any atom is -0.481 e. The number of carboxylic acid groups (broad SMARTS) is 1. The molecule has 1 saturated heterocycles. The van der Waals surface area contributed by atoms with Gasteiger partial charge in [-0.2, -0.15) is 4.31 Å². The van der Waals surface area contributed by atoms with Gasteiger partial charge in [0.05, 0.1) is 6.61 Å². The number of sulfonamides is 1. The second kappa shape index (κ2) is 5.40. The molecule has 6 nitrogen and oxygen atoms in total. The predicted molar refractivity (Wildman–Crippen MR) is 69.6 cm³/mol. The van der Waals surface area contributed by atoms with Gasteiger partial charge in [-0.05, 0) is 17.9 Å². The van der Waals surface area contributed by atoms with Crippen LogP contribution in [0, 0.1) is 11.2 Å². The average molecular weight is 323 g/mol. The summed E-state index contributed by atoms with van der Waals surface area (Å²) in [5, 5.41) is 10.6. The molecule has 0 amide bonds. The van der Waals surface area contributed by atoms with Gasteiger partial charge in [0.15, 0.2) is 10.0 Å². The number of rotatable bonds is 5. The van der Waals surface area contributed by atoms with Crippen LogP contribution in [0.15, 0.2) is 15.7 Å². The lowest BCUT2D eigenvalue weighted by Crippen LogP contribution is -2.40. The molecular weight excluding hydrogens is 309 g/mol. The summed E-state index contributed by atoms with van der Waals surface area (Å²) < 4.78 is 43.6. The van der Waals surface area contributed by atoms with Crippen molar-refractivity contribution in [3.05, 3.63) is 17.3 Å². The van der Waals surface area contributed by atoms with E-state index in [0.717, 1.165) is 21.7 Å². The smallest absolute Gasteiger partial charge is 0.313 e. The zero-order valence-corrected chi connectivity index (χ0v) is 12.3. The largest absolute Gasteiger partial charge is 0.481 e. The number of carboxylic acids is 1. The third-order valence-electron chi connectivity index (χ3n) is 3.35. The molecule has 0 saturated carbocycles. The van der Waals surface area contributed by atoms with Crippen LogP contribution in [0.1, 0.15) is 6.42 Å². The van der Waals surface area contributed by atoms with E-state index < -0.39 is 27.2 Å². The van der Waals surface area contributed by atoms with Crippen LogP contribution in [-0.2, 0) is 19.6 Å². The summed E-state index contributed by atoms with van der Waals surface area (Å²) in [6.07, 6.45) is 0.141. The van der Waals surface area contributed by atoms with E-state index in [4.69, 9.17) is 4.74 Å². The molecule has 0 radical (unpaired) electrons. The number of ether oxygens (including phenoxy) is 1. The third kappa shape index (κ3) is 2.46. The number of hydrogen-bond acceptors (Lipinski definition) is 5. The average Bonchev–Trinajstić information content (AvgIpc) is 2.97.